The molecule has 4 nitrogen and oxygen atoms in total. The first kappa shape index (κ1) is 13.6. The minimum atomic E-state index is -0.237. The van der Waals surface area contributed by atoms with Crippen LogP contribution in [-0.2, 0) is 0 Å². The summed E-state index contributed by atoms with van der Waals surface area (Å²) >= 11 is 0. The summed E-state index contributed by atoms with van der Waals surface area (Å²) in [5, 5.41) is 1.44. The second-order valence-corrected chi connectivity index (χ2v) is 6.69. The fraction of sp³-hybridized carbons (Fsp3) is 0.294. The second-order valence-electron chi connectivity index (χ2n) is 6.69. The molecule has 2 aromatic rings. The van der Waals surface area contributed by atoms with Gasteiger partial charge in [0.1, 0.15) is 0 Å². The maximum absolute atomic E-state index is 12.7. The Morgan fingerprint density at radius 1 is 1.00 bits per heavy atom. The predicted molar refractivity (Wildman–Crippen MR) is 83.2 cm³/mol. The molecule has 0 spiro atoms. The molecular weight excluding hydrogens is 264 g/mol. The maximum Gasteiger partial charge on any atom is 0.261 e. The minimum absolute atomic E-state index is 0.148. The van der Waals surface area contributed by atoms with Gasteiger partial charge >= 0.3 is 0 Å². The fourth-order valence-electron chi connectivity index (χ4n) is 2.79. The van der Waals surface area contributed by atoms with Crippen molar-refractivity contribution < 1.29 is 9.59 Å². The van der Waals surface area contributed by atoms with Crippen LogP contribution in [0.3, 0.4) is 0 Å². The zero-order valence-corrected chi connectivity index (χ0v) is 12.4. The molecule has 0 saturated heterocycles. The summed E-state index contributed by atoms with van der Waals surface area (Å²) in [5.41, 5.74) is 7.51. The van der Waals surface area contributed by atoms with Gasteiger partial charge in [-0.2, -0.15) is 0 Å². The van der Waals surface area contributed by atoms with Crippen LogP contribution in [0, 0.1) is 5.41 Å². The van der Waals surface area contributed by atoms with Gasteiger partial charge in [0.25, 0.3) is 11.8 Å². The number of hydrogen-bond donors (Lipinski definition) is 1. The average Bonchev–Trinajstić information content (AvgIpc) is 2.41. The van der Waals surface area contributed by atoms with Gasteiger partial charge in [-0.05, 0) is 23.6 Å². The lowest BCUT2D eigenvalue weighted by molar-refractivity contribution is 0.0555. The van der Waals surface area contributed by atoms with Gasteiger partial charge in [-0.1, -0.05) is 32.9 Å². The van der Waals surface area contributed by atoms with Gasteiger partial charge in [0, 0.05) is 34.1 Å². The summed E-state index contributed by atoms with van der Waals surface area (Å²) < 4.78 is 0. The van der Waals surface area contributed by atoms with Crippen LogP contribution in [0.25, 0.3) is 10.8 Å². The minimum Gasteiger partial charge on any atom is -0.398 e. The molecule has 2 amide bonds. The number of carbonyl (C=O) groups excluding carboxylic acids is 2. The van der Waals surface area contributed by atoms with E-state index in [0.717, 1.165) is 5.39 Å². The topological polar surface area (TPSA) is 63.4 Å². The lowest BCUT2D eigenvalue weighted by atomic mass is 9.90. The number of imide groups is 1. The molecule has 4 heteroatoms. The van der Waals surface area contributed by atoms with E-state index in [4.69, 9.17) is 5.73 Å². The summed E-state index contributed by atoms with van der Waals surface area (Å²) in [4.78, 5) is 26.7. The molecule has 0 saturated carbocycles. The molecule has 2 N–H and O–H groups in total. The van der Waals surface area contributed by atoms with Crippen molar-refractivity contribution in [3.63, 3.8) is 0 Å². The molecule has 2 aromatic carbocycles. The Hall–Kier alpha value is -2.36. The Bertz CT molecular complexity index is 750. The predicted octanol–water partition coefficient (Wildman–Crippen LogP) is 3.06. The maximum atomic E-state index is 12.7. The van der Waals surface area contributed by atoms with E-state index in [0.29, 0.717) is 28.7 Å². The first-order valence-electron chi connectivity index (χ1n) is 6.97. The van der Waals surface area contributed by atoms with E-state index >= 15 is 0 Å². The van der Waals surface area contributed by atoms with Gasteiger partial charge in [0.05, 0.1) is 0 Å². The van der Waals surface area contributed by atoms with Crippen LogP contribution >= 0.6 is 0 Å². The molecule has 21 heavy (non-hydrogen) atoms. The Labute approximate surface area is 123 Å². The number of hydrogen-bond acceptors (Lipinski definition) is 3. The van der Waals surface area contributed by atoms with E-state index in [9.17, 15) is 9.59 Å². The molecule has 0 unspecified atom stereocenters. The second kappa shape index (κ2) is 4.32. The Morgan fingerprint density at radius 3 is 2.24 bits per heavy atom. The van der Waals surface area contributed by atoms with Gasteiger partial charge in [-0.3, -0.25) is 14.5 Å². The molecule has 1 aliphatic heterocycles. The van der Waals surface area contributed by atoms with Crippen LogP contribution in [0.4, 0.5) is 5.69 Å². The van der Waals surface area contributed by atoms with Gasteiger partial charge < -0.3 is 5.73 Å². The molecule has 108 valence electrons. The third-order valence-electron chi connectivity index (χ3n) is 3.66. The van der Waals surface area contributed by atoms with E-state index in [1.807, 2.05) is 26.8 Å². The molecule has 0 aliphatic carbocycles. The number of nitrogen functional groups attached to an aromatic ring is 1. The standard InChI is InChI=1S/C17H18N2O2/c1-17(2,3)9-19-15(20)11-6-4-5-10-13(18)8-7-12(14(10)11)16(19)21/h4-8H,9,18H2,1-3H3. The van der Waals surface area contributed by atoms with Crippen molar-refractivity contribution >= 4 is 28.3 Å². The van der Waals surface area contributed by atoms with E-state index < -0.39 is 0 Å². The lowest BCUT2D eigenvalue weighted by Crippen LogP contribution is -2.44. The highest BCUT2D eigenvalue weighted by Gasteiger charge is 2.35. The molecule has 0 atom stereocenters. The average molecular weight is 282 g/mol. The molecule has 3 rings (SSSR count). The number of nitrogens with two attached hydrogens (primary N) is 1. The third-order valence-corrected chi connectivity index (χ3v) is 3.66. The first-order chi connectivity index (χ1) is 9.79. The highest BCUT2D eigenvalue weighted by atomic mass is 16.2. The largest absolute Gasteiger partial charge is 0.398 e. The van der Waals surface area contributed by atoms with Crippen molar-refractivity contribution in [2.75, 3.05) is 12.3 Å². The van der Waals surface area contributed by atoms with Crippen LogP contribution in [-0.4, -0.2) is 23.3 Å². The van der Waals surface area contributed by atoms with Crippen LogP contribution in [0.2, 0.25) is 0 Å². The number of carbonyl (C=O) groups is 2. The first-order valence-corrected chi connectivity index (χ1v) is 6.97. The molecule has 1 aliphatic rings. The number of nitrogens with zero attached hydrogens (tertiary/aromatic N) is 1. The highest BCUT2D eigenvalue weighted by Crippen LogP contribution is 2.34. The Kier molecular flexibility index (Phi) is 2.80. The number of benzene rings is 2. The van der Waals surface area contributed by atoms with Gasteiger partial charge in [-0.25, -0.2) is 0 Å². The van der Waals surface area contributed by atoms with Crippen molar-refractivity contribution in [1.29, 1.82) is 0 Å². The van der Waals surface area contributed by atoms with E-state index in [1.54, 1.807) is 24.3 Å². The zero-order valence-electron chi connectivity index (χ0n) is 12.4. The summed E-state index contributed by atoms with van der Waals surface area (Å²) in [6.45, 7) is 6.41. The van der Waals surface area contributed by atoms with Crippen LogP contribution in [0.5, 0.6) is 0 Å². The van der Waals surface area contributed by atoms with Gasteiger partial charge in [-0.15, -0.1) is 0 Å². The molecule has 0 fully saturated rings. The lowest BCUT2D eigenvalue weighted by Gasteiger charge is -2.32. The summed E-state index contributed by atoms with van der Waals surface area (Å²) in [5.74, 6) is -0.475. The summed E-state index contributed by atoms with van der Waals surface area (Å²) in [7, 11) is 0. The third kappa shape index (κ3) is 2.07. The van der Waals surface area contributed by atoms with Crippen molar-refractivity contribution in [1.82, 2.24) is 4.90 Å². The van der Waals surface area contributed by atoms with Gasteiger partial charge in [0.15, 0.2) is 0 Å². The molecule has 0 radical (unpaired) electrons. The van der Waals surface area contributed by atoms with Crippen molar-refractivity contribution in [2.45, 2.75) is 20.8 Å². The molecule has 1 heterocycles. The number of anilines is 1. The van der Waals surface area contributed by atoms with Crippen LogP contribution < -0.4 is 5.73 Å². The number of amides is 2. The number of rotatable bonds is 1. The monoisotopic (exact) mass is 282 g/mol. The molecule has 0 aromatic heterocycles. The van der Waals surface area contributed by atoms with Crippen LogP contribution in [0.15, 0.2) is 30.3 Å². The molecular formula is C17H18N2O2. The van der Waals surface area contributed by atoms with E-state index in [2.05, 4.69) is 0 Å². The van der Waals surface area contributed by atoms with Crippen molar-refractivity contribution in [2.24, 2.45) is 5.41 Å². The normalized spacial score (nSPS) is 14.9. The van der Waals surface area contributed by atoms with Crippen molar-refractivity contribution in [3.8, 4) is 0 Å². The molecule has 0 bridgehead atoms. The smallest absolute Gasteiger partial charge is 0.261 e. The highest BCUT2D eigenvalue weighted by molar-refractivity contribution is 6.26. The summed E-state index contributed by atoms with van der Waals surface area (Å²) in [6.07, 6.45) is 0. The fourth-order valence-corrected chi connectivity index (χ4v) is 2.79. The quantitative estimate of drug-likeness (QED) is 0.646. The Morgan fingerprint density at radius 2 is 1.62 bits per heavy atom. The van der Waals surface area contributed by atoms with Gasteiger partial charge in [0.2, 0.25) is 0 Å². The summed E-state index contributed by atoms with van der Waals surface area (Å²) in [6, 6.07) is 8.85. The van der Waals surface area contributed by atoms with Crippen molar-refractivity contribution in [3.05, 3.63) is 41.5 Å². The van der Waals surface area contributed by atoms with Crippen LogP contribution in [0.1, 0.15) is 41.5 Å². The SMILES string of the molecule is CC(C)(C)CN1C(=O)c2cccc3c(N)ccc(c23)C1=O. The zero-order chi connectivity index (χ0) is 15.4. The Balaban J connectivity index is 2.25. The van der Waals surface area contributed by atoms with E-state index in [1.165, 1.54) is 4.90 Å². The van der Waals surface area contributed by atoms with E-state index in [-0.39, 0.29) is 17.2 Å².